The van der Waals surface area contributed by atoms with E-state index in [0.29, 0.717) is 10.8 Å². The molecule has 2 heteroatoms. The largest absolute Gasteiger partial charge is 0.358 e. The van der Waals surface area contributed by atoms with E-state index in [1.54, 1.807) is 0 Å². The molecular formula is C12H25VW-. The molecule has 0 nitrogen and oxygen atoms in total. The third kappa shape index (κ3) is 3.95. The number of rotatable bonds is 2. The van der Waals surface area contributed by atoms with E-state index in [1.807, 2.05) is 0 Å². The van der Waals surface area contributed by atoms with Crippen LogP contribution in [0, 0.1) is 23.7 Å². The van der Waals surface area contributed by atoms with E-state index < -0.39 is 0 Å². The van der Waals surface area contributed by atoms with Gasteiger partial charge in [0.2, 0.25) is 0 Å². The normalized spacial score (nSPS) is 12.4. The molecule has 0 aliphatic heterocycles. The van der Waals surface area contributed by atoms with Gasteiger partial charge in [-0.2, -0.15) is 0 Å². The van der Waals surface area contributed by atoms with Crippen LogP contribution in [0.4, 0.5) is 0 Å². The minimum absolute atomic E-state index is 0. The molecule has 0 aliphatic carbocycles. The number of hydrogen-bond acceptors (Lipinski definition) is 0. The fraction of sp³-hybridized carbons (Fsp3) is 0.833. The van der Waals surface area contributed by atoms with Gasteiger partial charge in [-0.25, -0.2) is 0 Å². The molecule has 0 spiro atoms. The van der Waals surface area contributed by atoms with Gasteiger partial charge < -0.3 is 7.43 Å². The van der Waals surface area contributed by atoms with Crippen molar-refractivity contribution in [1.82, 2.24) is 0 Å². The van der Waals surface area contributed by atoms with Gasteiger partial charge in [0.05, 0.1) is 0 Å². The predicted molar refractivity (Wildman–Crippen MR) is 59.5 cm³/mol. The molecule has 0 aromatic heterocycles. The standard InChI is InChI=1S/C11H22.CH3.V.W/c1-9(2,3)11(7,8)10(4,5)6;;;/h1H,2-8H3;1H3;;/q;-1;;. The monoisotopic (exact) mass is 404 g/mol. The SMILES string of the molecule is CC(C)(C)C(C)(C)C(C)(C)[CH]=[V].[CH3-].[W]. The first-order valence-electron chi connectivity index (χ1n) is 4.55. The van der Waals surface area contributed by atoms with E-state index in [1.165, 1.54) is 0 Å². The summed E-state index contributed by atoms with van der Waals surface area (Å²) in [7, 11) is 0. The first-order valence-corrected chi connectivity index (χ1v) is 5.35. The van der Waals surface area contributed by atoms with Crippen molar-refractivity contribution in [3.05, 3.63) is 7.43 Å². The van der Waals surface area contributed by atoms with E-state index in [9.17, 15) is 0 Å². The molecule has 0 aliphatic rings. The molecule has 85 valence electrons. The zero-order chi connectivity index (χ0) is 10.2. The summed E-state index contributed by atoms with van der Waals surface area (Å²) < 4.78 is 2.26. The predicted octanol–water partition coefficient (Wildman–Crippen LogP) is 3.88. The van der Waals surface area contributed by atoms with Crippen LogP contribution in [-0.2, 0) is 38.0 Å². The number of hydrogen-bond donors (Lipinski definition) is 0. The summed E-state index contributed by atoms with van der Waals surface area (Å²) in [4.78, 5) is 0. The molecule has 0 aromatic carbocycles. The summed E-state index contributed by atoms with van der Waals surface area (Å²) in [6.07, 6.45) is 0. The molecule has 0 saturated heterocycles. The van der Waals surface area contributed by atoms with Crippen LogP contribution < -0.4 is 0 Å². The Balaban J connectivity index is -0.000000605. The van der Waals surface area contributed by atoms with Gasteiger partial charge in [0.25, 0.3) is 0 Å². The van der Waals surface area contributed by atoms with Gasteiger partial charge in [-0.05, 0) is 0 Å². The van der Waals surface area contributed by atoms with Crippen molar-refractivity contribution in [3.8, 4) is 0 Å². The average molecular weight is 404 g/mol. The second-order valence-electron chi connectivity index (χ2n) is 5.73. The topological polar surface area (TPSA) is 0 Å². The van der Waals surface area contributed by atoms with Crippen molar-refractivity contribution < 1.29 is 38.0 Å². The maximum atomic E-state index is 2.60. The van der Waals surface area contributed by atoms with Gasteiger partial charge in [-0.15, -0.1) is 0 Å². The van der Waals surface area contributed by atoms with Crippen molar-refractivity contribution >= 4 is 4.73 Å². The Kier molecular flexibility index (Phi) is 8.83. The van der Waals surface area contributed by atoms with Crippen LogP contribution in [0.5, 0.6) is 0 Å². The van der Waals surface area contributed by atoms with Crippen LogP contribution in [0.1, 0.15) is 48.5 Å². The molecule has 0 bridgehead atoms. The van der Waals surface area contributed by atoms with Gasteiger partial charge in [0.15, 0.2) is 0 Å². The Morgan fingerprint density at radius 1 is 0.857 bits per heavy atom. The molecule has 0 unspecified atom stereocenters. The zero-order valence-electron chi connectivity index (χ0n) is 10.9. The second kappa shape index (κ2) is 6.02. The Morgan fingerprint density at radius 3 is 1.21 bits per heavy atom. The van der Waals surface area contributed by atoms with Gasteiger partial charge in [0, 0.05) is 21.1 Å². The van der Waals surface area contributed by atoms with Crippen LogP contribution in [-0.4, -0.2) is 4.73 Å². The summed E-state index contributed by atoms with van der Waals surface area (Å²) in [6.45, 7) is 16.2. The van der Waals surface area contributed by atoms with Crippen molar-refractivity contribution in [2.75, 3.05) is 0 Å². The van der Waals surface area contributed by atoms with Crippen LogP contribution in [0.25, 0.3) is 0 Å². The Bertz CT molecular complexity index is 175. The summed E-state index contributed by atoms with van der Waals surface area (Å²) in [5.41, 5.74) is 0.922. The minimum atomic E-state index is 0. The molecule has 0 amide bonds. The van der Waals surface area contributed by atoms with Gasteiger partial charge in [-0.1, -0.05) is 0 Å². The average Bonchev–Trinajstić information content (AvgIpc) is 1.85. The Morgan fingerprint density at radius 2 is 1.14 bits per heavy atom. The summed E-state index contributed by atoms with van der Waals surface area (Å²) in [5, 5.41) is 0. The van der Waals surface area contributed by atoms with E-state index in [0.717, 1.165) is 0 Å². The molecule has 0 radical (unpaired) electrons. The first kappa shape index (κ1) is 20.5. The van der Waals surface area contributed by atoms with Crippen LogP contribution in [0.3, 0.4) is 0 Å². The van der Waals surface area contributed by atoms with E-state index in [4.69, 9.17) is 0 Å². The summed E-state index contributed by atoms with van der Waals surface area (Å²) in [5.74, 6) is 0. The van der Waals surface area contributed by atoms with Crippen LogP contribution >= 0.6 is 0 Å². The quantitative estimate of drug-likeness (QED) is 0.613. The molecule has 0 fully saturated rings. The molecule has 14 heavy (non-hydrogen) atoms. The zero-order valence-corrected chi connectivity index (χ0v) is 15.3. The van der Waals surface area contributed by atoms with Crippen molar-refractivity contribution in [2.24, 2.45) is 16.2 Å². The smallest absolute Gasteiger partial charge is 0 e. The fourth-order valence-electron chi connectivity index (χ4n) is 1.13. The fourth-order valence-corrected chi connectivity index (χ4v) is 1.63. The molecular weight excluding hydrogens is 379 g/mol. The van der Waals surface area contributed by atoms with Crippen molar-refractivity contribution in [2.45, 2.75) is 48.5 Å². The van der Waals surface area contributed by atoms with E-state index >= 15 is 0 Å². The van der Waals surface area contributed by atoms with Crippen LogP contribution in [0.2, 0.25) is 0 Å². The minimum Gasteiger partial charge on any atom is -0.358 e. The third-order valence-corrected chi connectivity index (χ3v) is 4.82. The molecule has 0 N–H and O–H groups in total. The van der Waals surface area contributed by atoms with Crippen molar-refractivity contribution in [3.63, 3.8) is 0 Å². The Labute approximate surface area is 114 Å². The van der Waals surface area contributed by atoms with E-state index in [-0.39, 0.29) is 33.9 Å². The molecule has 0 saturated carbocycles. The molecule has 0 atom stereocenters. The molecule has 0 aromatic rings. The maximum Gasteiger partial charge on any atom is 0 e. The second-order valence-corrected chi connectivity index (χ2v) is 6.13. The summed E-state index contributed by atoms with van der Waals surface area (Å²) >= 11 is 2.60. The Hall–Kier alpha value is 1.14. The van der Waals surface area contributed by atoms with Gasteiger partial charge in [-0.3, -0.25) is 0 Å². The van der Waals surface area contributed by atoms with Crippen LogP contribution in [0.15, 0.2) is 0 Å². The molecule has 0 heterocycles. The van der Waals surface area contributed by atoms with Gasteiger partial charge in [0.1, 0.15) is 0 Å². The van der Waals surface area contributed by atoms with Gasteiger partial charge >= 0.3 is 86.4 Å². The van der Waals surface area contributed by atoms with Crippen molar-refractivity contribution in [1.29, 1.82) is 0 Å². The third-order valence-electron chi connectivity index (χ3n) is 3.81. The molecule has 0 rings (SSSR count). The summed E-state index contributed by atoms with van der Waals surface area (Å²) in [6, 6.07) is 0. The first-order chi connectivity index (χ1) is 5.06. The van der Waals surface area contributed by atoms with E-state index in [2.05, 4.69) is 70.2 Å². The maximum absolute atomic E-state index is 2.60.